The fourth-order valence-electron chi connectivity index (χ4n) is 4.21. The number of benzene rings is 1. The van der Waals surface area contributed by atoms with Gasteiger partial charge in [-0.05, 0) is 36.8 Å². The maximum Gasteiger partial charge on any atom is 0.230 e. The van der Waals surface area contributed by atoms with Crippen molar-refractivity contribution in [3.8, 4) is 16.9 Å². The van der Waals surface area contributed by atoms with Crippen molar-refractivity contribution < 1.29 is 18.7 Å². The molecule has 4 heterocycles. The largest absolute Gasteiger partial charge is 0.485 e. The van der Waals surface area contributed by atoms with Crippen molar-refractivity contribution in [3.63, 3.8) is 0 Å². The average molecular weight is 474 g/mol. The third-order valence-corrected chi connectivity index (χ3v) is 7.18. The Hall–Kier alpha value is -2.55. The van der Waals surface area contributed by atoms with Gasteiger partial charge in [0.05, 0.1) is 16.8 Å². The zero-order chi connectivity index (χ0) is 22.4. The minimum atomic E-state index is -1.08. The van der Waals surface area contributed by atoms with Crippen LogP contribution in [0.5, 0.6) is 5.75 Å². The summed E-state index contributed by atoms with van der Waals surface area (Å²) in [5, 5.41) is 3.57. The molecule has 0 spiro atoms. The molecule has 3 aromatic rings. The van der Waals surface area contributed by atoms with Crippen molar-refractivity contribution in [1.29, 1.82) is 0 Å². The molecular formula is C23H21ClFN3O3S. The Balaban J connectivity index is 1.56. The minimum absolute atomic E-state index is 0.146. The Morgan fingerprint density at radius 3 is 2.72 bits per heavy atom. The molecule has 166 valence electrons. The van der Waals surface area contributed by atoms with Crippen molar-refractivity contribution in [3.05, 3.63) is 45.9 Å². The summed E-state index contributed by atoms with van der Waals surface area (Å²) in [6.07, 6.45) is 0.578. The fourth-order valence-corrected chi connectivity index (χ4v) is 5.61. The van der Waals surface area contributed by atoms with E-state index in [4.69, 9.17) is 16.3 Å². The second-order valence-electron chi connectivity index (χ2n) is 8.09. The van der Waals surface area contributed by atoms with E-state index in [1.165, 1.54) is 16.2 Å². The third-order valence-electron chi connectivity index (χ3n) is 5.82. The van der Waals surface area contributed by atoms with E-state index >= 15 is 0 Å². The van der Waals surface area contributed by atoms with Crippen LogP contribution in [0.1, 0.15) is 23.3 Å². The lowest BCUT2D eigenvalue weighted by molar-refractivity contribution is -0.138. The standard InChI is InChI=1S/C23H21ClFN3O3S/c1-12-6-13(24)7-16(22(12)31-19-10-26-9-17(19)25)15-4-5-27-18-8-14(32-23(15)18)11-28-20(29)2-3-21(28)30/h4-8,17,19,26H,2-3,9-11H2,1H3. The van der Waals surface area contributed by atoms with Crippen LogP contribution in [0.3, 0.4) is 0 Å². The minimum Gasteiger partial charge on any atom is -0.485 e. The van der Waals surface area contributed by atoms with E-state index in [-0.39, 0.29) is 37.7 Å². The van der Waals surface area contributed by atoms with Gasteiger partial charge < -0.3 is 10.1 Å². The van der Waals surface area contributed by atoms with Gasteiger partial charge in [0.1, 0.15) is 11.9 Å². The summed E-state index contributed by atoms with van der Waals surface area (Å²) in [4.78, 5) is 30.7. The highest BCUT2D eigenvalue weighted by molar-refractivity contribution is 7.19. The first-order valence-electron chi connectivity index (χ1n) is 10.4. The molecule has 0 radical (unpaired) electrons. The molecule has 32 heavy (non-hydrogen) atoms. The smallest absolute Gasteiger partial charge is 0.230 e. The number of halogens is 2. The van der Waals surface area contributed by atoms with Crippen LogP contribution in [-0.4, -0.2) is 47.1 Å². The summed E-state index contributed by atoms with van der Waals surface area (Å²) in [5.41, 5.74) is 3.22. The maximum atomic E-state index is 14.3. The first kappa shape index (κ1) is 21.3. The number of ether oxygens (including phenoxy) is 1. The molecule has 1 N–H and O–H groups in total. The summed E-state index contributed by atoms with van der Waals surface area (Å²) in [6.45, 7) is 2.85. The number of aromatic nitrogens is 1. The van der Waals surface area contributed by atoms with E-state index in [0.717, 1.165) is 31.8 Å². The van der Waals surface area contributed by atoms with E-state index in [0.29, 0.717) is 17.3 Å². The zero-order valence-corrected chi connectivity index (χ0v) is 18.9. The number of nitrogens with one attached hydrogen (secondary N) is 1. The highest BCUT2D eigenvalue weighted by Crippen LogP contribution is 2.42. The summed E-state index contributed by atoms with van der Waals surface area (Å²) in [5.74, 6) is 0.304. The van der Waals surface area contributed by atoms with Crippen molar-refractivity contribution >= 4 is 45.0 Å². The number of likely N-dealkylation sites (tertiary alicyclic amines) is 1. The number of alkyl halides is 1. The van der Waals surface area contributed by atoms with Gasteiger partial charge in [0.15, 0.2) is 6.17 Å². The van der Waals surface area contributed by atoms with Gasteiger partial charge in [-0.1, -0.05) is 11.6 Å². The maximum absolute atomic E-state index is 14.3. The quantitative estimate of drug-likeness (QED) is 0.560. The number of imide groups is 1. The molecule has 2 aliphatic rings. The number of fused-ring (bicyclic) bond motifs is 1. The molecule has 2 atom stereocenters. The first-order chi connectivity index (χ1) is 15.4. The summed E-state index contributed by atoms with van der Waals surface area (Å²) in [6, 6.07) is 7.41. The SMILES string of the molecule is Cc1cc(Cl)cc(-c2ccnc3cc(CN4C(=O)CCC4=O)sc23)c1OC1CNCC1F. The highest BCUT2D eigenvalue weighted by atomic mass is 35.5. The monoisotopic (exact) mass is 473 g/mol. The van der Waals surface area contributed by atoms with Gasteiger partial charge in [0.2, 0.25) is 11.8 Å². The van der Waals surface area contributed by atoms with Crippen LogP contribution in [0.25, 0.3) is 21.3 Å². The van der Waals surface area contributed by atoms with E-state index in [1.54, 1.807) is 12.3 Å². The van der Waals surface area contributed by atoms with Crippen LogP contribution in [0.2, 0.25) is 5.02 Å². The molecule has 6 nitrogen and oxygen atoms in total. The lowest BCUT2D eigenvalue weighted by atomic mass is 10.0. The van der Waals surface area contributed by atoms with Gasteiger partial charge in [-0.2, -0.15) is 0 Å². The molecular weight excluding hydrogens is 453 g/mol. The number of hydrogen-bond acceptors (Lipinski definition) is 6. The molecule has 2 saturated heterocycles. The average Bonchev–Trinajstić information content (AvgIpc) is 3.44. The van der Waals surface area contributed by atoms with Crippen LogP contribution in [0, 0.1) is 6.92 Å². The van der Waals surface area contributed by atoms with Gasteiger partial charge in [-0.3, -0.25) is 19.5 Å². The van der Waals surface area contributed by atoms with Crippen LogP contribution in [0.4, 0.5) is 4.39 Å². The van der Waals surface area contributed by atoms with Crippen LogP contribution >= 0.6 is 22.9 Å². The van der Waals surface area contributed by atoms with Crippen LogP contribution < -0.4 is 10.1 Å². The Morgan fingerprint density at radius 1 is 1.22 bits per heavy atom. The second kappa shape index (κ2) is 8.42. The Kier molecular flexibility index (Phi) is 5.61. The fraction of sp³-hybridized carbons (Fsp3) is 0.348. The van der Waals surface area contributed by atoms with E-state index in [2.05, 4.69) is 10.3 Å². The number of carbonyl (C=O) groups excluding carboxylic acids is 2. The molecule has 2 amide bonds. The van der Waals surface area contributed by atoms with Crippen molar-refractivity contribution in [2.24, 2.45) is 0 Å². The van der Waals surface area contributed by atoms with Crippen LogP contribution in [-0.2, 0) is 16.1 Å². The van der Waals surface area contributed by atoms with E-state index in [9.17, 15) is 14.0 Å². The zero-order valence-electron chi connectivity index (χ0n) is 17.4. The number of thiophene rings is 1. The van der Waals surface area contributed by atoms with Crippen molar-refractivity contribution in [2.45, 2.75) is 38.6 Å². The number of hydrogen-bond donors (Lipinski definition) is 1. The van der Waals surface area contributed by atoms with Gasteiger partial charge in [-0.15, -0.1) is 11.3 Å². The molecule has 9 heteroatoms. The molecule has 0 bridgehead atoms. The third kappa shape index (κ3) is 3.87. The summed E-state index contributed by atoms with van der Waals surface area (Å²) in [7, 11) is 0. The number of aryl methyl sites for hydroxylation is 1. The molecule has 2 aromatic heterocycles. The second-order valence-corrected chi connectivity index (χ2v) is 9.66. The summed E-state index contributed by atoms with van der Waals surface area (Å²) < 4.78 is 21.3. The van der Waals surface area contributed by atoms with Gasteiger partial charge >= 0.3 is 0 Å². The molecule has 0 saturated carbocycles. The van der Waals surface area contributed by atoms with E-state index < -0.39 is 12.3 Å². The topological polar surface area (TPSA) is 71.5 Å². The molecule has 1 aromatic carbocycles. The molecule has 2 unspecified atom stereocenters. The van der Waals surface area contributed by atoms with E-state index in [1.807, 2.05) is 25.1 Å². The highest BCUT2D eigenvalue weighted by Gasteiger charge is 2.31. The Labute approximate surface area is 193 Å². The Morgan fingerprint density at radius 2 is 2.00 bits per heavy atom. The van der Waals surface area contributed by atoms with Gasteiger partial charge in [0.25, 0.3) is 0 Å². The van der Waals surface area contributed by atoms with Gasteiger partial charge in [-0.25, -0.2) is 4.39 Å². The predicted octanol–water partition coefficient (Wildman–Crippen LogP) is 4.26. The van der Waals surface area contributed by atoms with Crippen molar-refractivity contribution in [1.82, 2.24) is 15.2 Å². The number of amides is 2. The lowest BCUT2D eigenvalue weighted by Gasteiger charge is -2.20. The number of rotatable bonds is 5. The normalized spacial score (nSPS) is 21.2. The van der Waals surface area contributed by atoms with Gasteiger partial charge in [0, 0.05) is 53.2 Å². The predicted molar refractivity (Wildman–Crippen MR) is 122 cm³/mol. The van der Waals surface area contributed by atoms with Crippen LogP contribution in [0.15, 0.2) is 30.5 Å². The number of nitrogens with zero attached hydrogens (tertiary/aromatic N) is 2. The number of pyridine rings is 1. The lowest BCUT2D eigenvalue weighted by Crippen LogP contribution is -2.27. The summed E-state index contributed by atoms with van der Waals surface area (Å²) >= 11 is 7.86. The molecule has 2 aliphatic heterocycles. The Bertz CT molecular complexity index is 1210. The van der Waals surface area contributed by atoms with Crippen molar-refractivity contribution in [2.75, 3.05) is 13.1 Å². The first-order valence-corrected chi connectivity index (χ1v) is 11.6. The molecule has 5 rings (SSSR count). The molecule has 0 aliphatic carbocycles. The molecule has 2 fully saturated rings. The number of carbonyl (C=O) groups is 2.